The highest BCUT2D eigenvalue weighted by Gasteiger charge is 2.06. The van der Waals surface area contributed by atoms with Gasteiger partial charge in [-0.25, -0.2) is 9.97 Å². The Morgan fingerprint density at radius 3 is 2.94 bits per heavy atom. The van der Waals surface area contributed by atoms with Gasteiger partial charge in [0.2, 0.25) is 0 Å². The summed E-state index contributed by atoms with van der Waals surface area (Å²) >= 11 is 9.20. The summed E-state index contributed by atoms with van der Waals surface area (Å²) in [6, 6.07) is 7.08. The van der Waals surface area contributed by atoms with Gasteiger partial charge in [0.25, 0.3) is 0 Å². The maximum absolute atomic E-state index is 8.98. The van der Waals surface area contributed by atoms with Crippen LogP contribution in [0, 0.1) is 11.3 Å². The minimum Gasteiger partial charge on any atom is -0.338 e. The van der Waals surface area contributed by atoms with Crippen LogP contribution in [0.1, 0.15) is 5.56 Å². The molecule has 0 bridgehead atoms. The van der Waals surface area contributed by atoms with E-state index in [0.29, 0.717) is 26.6 Å². The monoisotopic (exact) mass is 308 g/mol. The third-order valence-corrected chi connectivity index (χ3v) is 2.84. The number of nitriles is 1. The quantitative estimate of drug-likeness (QED) is 0.922. The Labute approximate surface area is 111 Å². The van der Waals surface area contributed by atoms with Gasteiger partial charge in [0, 0.05) is 11.2 Å². The fourth-order valence-electron chi connectivity index (χ4n) is 1.25. The second-order valence-electron chi connectivity index (χ2n) is 3.15. The molecular formula is C11H6BrClN4. The van der Waals surface area contributed by atoms with Crippen LogP contribution in [0.15, 0.2) is 35.2 Å². The number of hydrogen-bond acceptors (Lipinski definition) is 4. The van der Waals surface area contributed by atoms with Crippen molar-refractivity contribution in [3.05, 3.63) is 45.8 Å². The molecule has 0 amide bonds. The van der Waals surface area contributed by atoms with Crippen LogP contribution in [0.5, 0.6) is 0 Å². The molecule has 6 heteroatoms. The van der Waals surface area contributed by atoms with Crippen molar-refractivity contribution in [3.63, 3.8) is 0 Å². The summed E-state index contributed by atoms with van der Waals surface area (Å²) in [5, 5.41) is 12.6. The van der Waals surface area contributed by atoms with Crippen LogP contribution in [0.4, 0.5) is 11.5 Å². The van der Waals surface area contributed by atoms with Crippen LogP contribution in [0.25, 0.3) is 0 Å². The van der Waals surface area contributed by atoms with E-state index in [1.807, 2.05) is 0 Å². The third-order valence-electron chi connectivity index (χ3n) is 2.02. The predicted octanol–water partition coefficient (Wildman–Crippen LogP) is 3.51. The van der Waals surface area contributed by atoms with Crippen molar-refractivity contribution < 1.29 is 0 Å². The smallest absolute Gasteiger partial charge is 0.148 e. The SMILES string of the molecule is N#Cc1ccc(Cl)cc1Nc1ncncc1Br. The number of aromatic nitrogens is 2. The largest absolute Gasteiger partial charge is 0.338 e. The van der Waals surface area contributed by atoms with E-state index < -0.39 is 0 Å². The molecule has 84 valence electrons. The van der Waals surface area contributed by atoms with Gasteiger partial charge in [0.15, 0.2) is 0 Å². The van der Waals surface area contributed by atoms with Crippen LogP contribution in [0.3, 0.4) is 0 Å². The molecule has 4 nitrogen and oxygen atoms in total. The molecule has 0 fully saturated rings. The van der Waals surface area contributed by atoms with E-state index in [4.69, 9.17) is 16.9 Å². The van der Waals surface area contributed by atoms with Crippen molar-refractivity contribution in [3.8, 4) is 6.07 Å². The van der Waals surface area contributed by atoms with E-state index in [1.54, 1.807) is 24.4 Å². The lowest BCUT2D eigenvalue weighted by atomic mass is 10.2. The first kappa shape index (κ1) is 11.8. The maximum Gasteiger partial charge on any atom is 0.148 e. The number of rotatable bonds is 2. The van der Waals surface area contributed by atoms with Crippen LogP contribution < -0.4 is 5.32 Å². The number of anilines is 2. The average Bonchev–Trinajstić information content (AvgIpc) is 2.32. The summed E-state index contributed by atoms with van der Waals surface area (Å²) < 4.78 is 0.712. The summed E-state index contributed by atoms with van der Waals surface area (Å²) in [5.74, 6) is 0.582. The van der Waals surface area contributed by atoms with Gasteiger partial charge in [-0.05, 0) is 34.1 Å². The highest BCUT2D eigenvalue weighted by Crippen LogP contribution is 2.26. The second kappa shape index (κ2) is 5.13. The van der Waals surface area contributed by atoms with E-state index >= 15 is 0 Å². The minimum absolute atomic E-state index is 0.500. The molecular weight excluding hydrogens is 304 g/mol. The van der Waals surface area contributed by atoms with Gasteiger partial charge in [-0.3, -0.25) is 0 Å². The first-order chi connectivity index (χ1) is 8.20. The summed E-state index contributed by atoms with van der Waals surface area (Å²) in [5.41, 5.74) is 1.11. The maximum atomic E-state index is 8.98. The Balaban J connectivity index is 2.40. The molecule has 0 saturated heterocycles. The summed E-state index contributed by atoms with van der Waals surface area (Å²) in [6.45, 7) is 0. The van der Waals surface area contributed by atoms with Crippen LogP contribution in [-0.4, -0.2) is 9.97 Å². The zero-order valence-electron chi connectivity index (χ0n) is 8.48. The first-order valence-corrected chi connectivity index (χ1v) is 5.80. The molecule has 1 aromatic heterocycles. The molecule has 0 aliphatic heterocycles. The van der Waals surface area contributed by atoms with Crippen molar-refractivity contribution in [1.82, 2.24) is 9.97 Å². The predicted molar refractivity (Wildman–Crippen MR) is 69.2 cm³/mol. The van der Waals surface area contributed by atoms with Gasteiger partial charge in [-0.15, -0.1) is 0 Å². The summed E-state index contributed by atoms with van der Waals surface area (Å²) in [4.78, 5) is 7.91. The molecule has 0 unspecified atom stereocenters. The molecule has 1 heterocycles. The molecule has 1 aromatic carbocycles. The topological polar surface area (TPSA) is 61.6 Å². The van der Waals surface area contributed by atoms with Crippen LogP contribution in [-0.2, 0) is 0 Å². The molecule has 2 rings (SSSR count). The van der Waals surface area contributed by atoms with Gasteiger partial charge >= 0.3 is 0 Å². The number of benzene rings is 1. The highest BCUT2D eigenvalue weighted by atomic mass is 79.9. The lowest BCUT2D eigenvalue weighted by molar-refractivity contribution is 1.15. The summed E-state index contributed by atoms with van der Waals surface area (Å²) in [6.07, 6.45) is 3.04. The Bertz CT molecular complexity index is 594. The Kier molecular flexibility index (Phi) is 3.57. The van der Waals surface area contributed by atoms with Gasteiger partial charge in [0.05, 0.1) is 15.7 Å². The van der Waals surface area contributed by atoms with E-state index in [-0.39, 0.29) is 0 Å². The van der Waals surface area contributed by atoms with Gasteiger partial charge in [-0.1, -0.05) is 11.6 Å². The molecule has 1 N–H and O–H groups in total. The van der Waals surface area contributed by atoms with Gasteiger partial charge < -0.3 is 5.32 Å². The molecule has 17 heavy (non-hydrogen) atoms. The van der Waals surface area contributed by atoms with Gasteiger partial charge in [0.1, 0.15) is 18.2 Å². The number of hydrogen-bond donors (Lipinski definition) is 1. The van der Waals surface area contributed by atoms with Crippen LogP contribution >= 0.6 is 27.5 Å². The Morgan fingerprint density at radius 1 is 1.41 bits per heavy atom. The number of nitrogens with zero attached hydrogens (tertiary/aromatic N) is 3. The molecule has 0 atom stereocenters. The molecule has 0 saturated carbocycles. The molecule has 0 aliphatic rings. The average molecular weight is 310 g/mol. The standard InChI is InChI=1S/C11H6BrClN4/c12-9-5-15-6-16-11(9)17-10-3-8(13)2-1-7(10)4-14/h1-3,5-6H,(H,15,16,17). The van der Waals surface area contributed by atoms with E-state index in [9.17, 15) is 0 Å². The molecule has 0 aliphatic carbocycles. The highest BCUT2D eigenvalue weighted by molar-refractivity contribution is 9.10. The lowest BCUT2D eigenvalue weighted by Gasteiger charge is -2.08. The third kappa shape index (κ3) is 2.73. The zero-order chi connectivity index (χ0) is 12.3. The van der Waals surface area contributed by atoms with Crippen molar-refractivity contribution in [2.75, 3.05) is 5.32 Å². The zero-order valence-corrected chi connectivity index (χ0v) is 10.8. The minimum atomic E-state index is 0.500. The van der Waals surface area contributed by atoms with Crippen molar-refractivity contribution in [2.24, 2.45) is 0 Å². The molecule has 0 spiro atoms. The normalized spacial score (nSPS) is 9.71. The number of halogens is 2. The van der Waals surface area contributed by atoms with E-state index in [1.165, 1.54) is 6.33 Å². The number of nitrogens with one attached hydrogen (secondary N) is 1. The van der Waals surface area contributed by atoms with Crippen molar-refractivity contribution in [1.29, 1.82) is 5.26 Å². The first-order valence-electron chi connectivity index (χ1n) is 4.63. The van der Waals surface area contributed by atoms with Gasteiger partial charge in [-0.2, -0.15) is 5.26 Å². The molecule has 0 radical (unpaired) electrons. The Morgan fingerprint density at radius 2 is 2.24 bits per heavy atom. The summed E-state index contributed by atoms with van der Waals surface area (Å²) in [7, 11) is 0. The fraction of sp³-hybridized carbons (Fsp3) is 0. The second-order valence-corrected chi connectivity index (χ2v) is 4.44. The Hall–Kier alpha value is -1.64. The van der Waals surface area contributed by atoms with E-state index in [0.717, 1.165) is 0 Å². The lowest BCUT2D eigenvalue weighted by Crippen LogP contribution is -1.97. The molecule has 2 aromatic rings. The van der Waals surface area contributed by atoms with Crippen molar-refractivity contribution >= 4 is 39.0 Å². The van der Waals surface area contributed by atoms with Crippen molar-refractivity contribution in [2.45, 2.75) is 0 Å². The van der Waals surface area contributed by atoms with E-state index in [2.05, 4.69) is 37.3 Å². The fourth-order valence-corrected chi connectivity index (χ4v) is 1.74. The van der Waals surface area contributed by atoms with Crippen LogP contribution in [0.2, 0.25) is 5.02 Å².